The summed E-state index contributed by atoms with van der Waals surface area (Å²) in [5.74, 6) is 1.69. The fourth-order valence-electron chi connectivity index (χ4n) is 1.71. The molecule has 4 nitrogen and oxygen atoms in total. The van der Waals surface area contributed by atoms with E-state index in [2.05, 4.69) is 36.3 Å². The van der Waals surface area contributed by atoms with Crippen LogP contribution in [0.1, 0.15) is 20.8 Å². The molecule has 2 aromatic rings. The van der Waals surface area contributed by atoms with Crippen LogP contribution in [0.25, 0.3) is 11.3 Å². The van der Waals surface area contributed by atoms with Crippen molar-refractivity contribution in [1.82, 2.24) is 10.2 Å². The predicted octanol–water partition coefficient (Wildman–Crippen LogP) is 3.30. The van der Waals surface area contributed by atoms with Crippen molar-refractivity contribution in [3.63, 3.8) is 0 Å². The molecule has 0 aliphatic carbocycles. The third kappa shape index (κ3) is 3.03. The molecule has 4 heteroatoms. The highest BCUT2D eigenvalue weighted by Gasteiger charge is 2.12. The number of aromatic nitrogens is 2. The topological polar surface area (TPSA) is 49.9 Å². The van der Waals surface area contributed by atoms with Gasteiger partial charge in [0.15, 0.2) is 0 Å². The smallest absolute Gasteiger partial charge is 0.148 e. The second-order valence-electron chi connectivity index (χ2n) is 5.27. The Labute approximate surface area is 107 Å². The molecular formula is C14H19N3O. The second kappa shape index (κ2) is 4.72. The van der Waals surface area contributed by atoms with Crippen molar-refractivity contribution in [2.75, 3.05) is 12.4 Å². The maximum atomic E-state index is 5.21. The van der Waals surface area contributed by atoms with Crippen molar-refractivity contribution < 1.29 is 4.74 Å². The van der Waals surface area contributed by atoms with Gasteiger partial charge >= 0.3 is 0 Å². The summed E-state index contributed by atoms with van der Waals surface area (Å²) < 4.78 is 5.21. The number of H-pyrrole nitrogens is 1. The molecule has 2 N–H and O–H groups in total. The van der Waals surface area contributed by atoms with Gasteiger partial charge in [0.2, 0.25) is 0 Å². The minimum Gasteiger partial charge on any atom is -0.497 e. The molecule has 0 fully saturated rings. The third-order valence-electron chi connectivity index (χ3n) is 2.46. The minimum absolute atomic E-state index is 0.000835. The molecule has 96 valence electrons. The maximum Gasteiger partial charge on any atom is 0.148 e. The van der Waals surface area contributed by atoms with E-state index in [1.807, 2.05) is 30.3 Å². The molecule has 2 rings (SSSR count). The third-order valence-corrected chi connectivity index (χ3v) is 2.46. The molecule has 0 saturated heterocycles. The van der Waals surface area contributed by atoms with E-state index in [1.54, 1.807) is 7.11 Å². The Morgan fingerprint density at radius 1 is 1.22 bits per heavy atom. The van der Waals surface area contributed by atoms with Gasteiger partial charge in [-0.05, 0) is 32.9 Å². The monoisotopic (exact) mass is 245 g/mol. The molecule has 1 aromatic carbocycles. The number of benzene rings is 1. The van der Waals surface area contributed by atoms with Gasteiger partial charge in [0.25, 0.3) is 0 Å². The molecule has 1 heterocycles. The van der Waals surface area contributed by atoms with E-state index in [-0.39, 0.29) is 5.54 Å². The first kappa shape index (κ1) is 12.5. The van der Waals surface area contributed by atoms with E-state index >= 15 is 0 Å². The number of hydrogen-bond acceptors (Lipinski definition) is 3. The van der Waals surface area contributed by atoms with Crippen LogP contribution in [0, 0.1) is 0 Å². The van der Waals surface area contributed by atoms with E-state index in [9.17, 15) is 0 Å². The number of anilines is 1. The van der Waals surface area contributed by atoms with Crippen LogP contribution >= 0.6 is 0 Å². The van der Waals surface area contributed by atoms with Gasteiger partial charge in [-0.15, -0.1) is 0 Å². The minimum atomic E-state index is 0.000835. The Morgan fingerprint density at radius 2 is 2.00 bits per heavy atom. The Balaban J connectivity index is 2.23. The zero-order valence-electron chi connectivity index (χ0n) is 11.2. The van der Waals surface area contributed by atoms with Crippen molar-refractivity contribution in [3.05, 3.63) is 30.3 Å². The molecule has 0 unspecified atom stereocenters. The fourth-order valence-corrected chi connectivity index (χ4v) is 1.71. The Kier molecular flexibility index (Phi) is 3.28. The summed E-state index contributed by atoms with van der Waals surface area (Å²) in [4.78, 5) is 0. The van der Waals surface area contributed by atoms with Gasteiger partial charge in [0.1, 0.15) is 11.6 Å². The van der Waals surface area contributed by atoms with Crippen LogP contribution < -0.4 is 10.1 Å². The summed E-state index contributed by atoms with van der Waals surface area (Å²) >= 11 is 0. The number of methoxy groups -OCH3 is 1. The van der Waals surface area contributed by atoms with Crippen LogP contribution in [0.15, 0.2) is 30.3 Å². The molecule has 18 heavy (non-hydrogen) atoms. The molecule has 0 bridgehead atoms. The van der Waals surface area contributed by atoms with Crippen molar-refractivity contribution >= 4 is 5.82 Å². The zero-order valence-corrected chi connectivity index (χ0v) is 11.2. The highest BCUT2D eigenvalue weighted by molar-refractivity contribution is 5.64. The lowest BCUT2D eigenvalue weighted by Gasteiger charge is -2.19. The lowest BCUT2D eigenvalue weighted by molar-refractivity contribution is 0.415. The van der Waals surface area contributed by atoms with Crippen LogP contribution in [0.2, 0.25) is 0 Å². The standard InChI is InChI=1S/C14H19N3O/c1-14(2,3)15-13-9-12(16-17-13)10-6-5-7-11(8-10)18-4/h5-9H,1-4H3,(H2,15,16,17). The lowest BCUT2D eigenvalue weighted by atomic mass is 10.1. The summed E-state index contributed by atoms with van der Waals surface area (Å²) in [5.41, 5.74) is 2.03. The first-order chi connectivity index (χ1) is 8.48. The molecule has 0 spiro atoms. The number of rotatable bonds is 3. The van der Waals surface area contributed by atoms with Gasteiger partial charge in [-0.1, -0.05) is 12.1 Å². The maximum absolute atomic E-state index is 5.21. The van der Waals surface area contributed by atoms with Gasteiger partial charge in [0.05, 0.1) is 12.8 Å². The molecule has 0 atom stereocenters. The summed E-state index contributed by atoms with van der Waals surface area (Å²) in [6.45, 7) is 6.31. The predicted molar refractivity (Wildman–Crippen MR) is 74.0 cm³/mol. The quantitative estimate of drug-likeness (QED) is 0.872. The van der Waals surface area contributed by atoms with Crippen LogP contribution in [0.4, 0.5) is 5.82 Å². The fraction of sp³-hybridized carbons (Fsp3) is 0.357. The first-order valence-electron chi connectivity index (χ1n) is 5.96. The van der Waals surface area contributed by atoms with Crippen molar-refractivity contribution in [2.24, 2.45) is 0 Å². The number of nitrogens with one attached hydrogen (secondary N) is 2. The Bertz CT molecular complexity index is 526. The molecular weight excluding hydrogens is 226 g/mol. The van der Waals surface area contributed by atoms with Gasteiger partial charge in [-0.3, -0.25) is 5.10 Å². The molecule has 0 amide bonds. The summed E-state index contributed by atoms with van der Waals surface area (Å²) in [6.07, 6.45) is 0. The van der Waals surface area contributed by atoms with E-state index < -0.39 is 0 Å². The van der Waals surface area contributed by atoms with Crippen molar-refractivity contribution in [3.8, 4) is 17.0 Å². The first-order valence-corrected chi connectivity index (χ1v) is 5.96. The average molecular weight is 245 g/mol. The van der Waals surface area contributed by atoms with Crippen LogP contribution in [0.5, 0.6) is 5.75 Å². The van der Waals surface area contributed by atoms with E-state index in [1.165, 1.54) is 0 Å². The summed E-state index contributed by atoms with van der Waals surface area (Å²) in [5, 5.41) is 10.6. The lowest BCUT2D eigenvalue weighted by Crippen LogP contribution is -2.26. The molecule has 1 aromatic heterocycles. The molecule has 0 aliphatic heterocycles. The molecule has 0 aliphatic rings. The van der Waals surface area contributed by atoms with E-state index in [0.717, 1.165) is 22.8 Å². The van der Waals surface area contributed by atoms with Crippen LogP contribution in [-0.2, 0) is 0 Å². The number of hydrogen-bond donors (Lipinski definition) is 2. The van der Waals surface area contributed by atoms with E-state index in [4.69, 9.17) is 4.74 Å². The van der Waals surface area contributed by atoms with Gasteiger partial charge in [-0.25, -0.2) is 0 Å². The SMILES string of the molecule is COc1cccc(-c2cc(NC(C)(C)C)n[nH]2)c1. The highest BCUT2D eigenvalue weighted by Crippen LogP contribution is 2.24. The van der Waals surface area contributed by atoms with Crippen LogP contribution in [-0.4, -0.2) is 22.8 Å². The number of aromatic amines is 1. The van der Waals surface area contributed by atoms with Crippen LogP contribution in [0.3, 0.4) is 0 Å². The zero-order chi connectivity index (χ0) is 13.2. The largest absolute Gasteiger partial charge is 0.497 e. The van der Waals surface area contributed by atoms with Crippen molar-refractivity contribution in [1.29, 1.82) is 0 Å². The Morgan fingerprint density at radius 3 is 2.67 bits per heavy atom. The normalized spacial score (nSPS) is 11.3. The van der Waals surface area contributed by atoms with E-state index in [0.29, 0.717) is 0 Å². The number of nitrogens with zero attached hydrogens (tertiary/aromatic N) is 1. The van der Waals surface area contributed by atoms with Crippen molar-refractivity contribution in [2.45, 2.75) is 26.3 Å². The molecule has 0 saturated carbocycles. The summed E-state index contributed by atoms with van der Waals surface area (Å²) in [7, 11) is 1.67. The average Bonchev–Trinajstić information content (AvgIpc) is 2.75. The number of ether oxygens (including phenoxy) is 1. The molecule has 0 radical (unpaired) electrons. The van der Waals surface area contributed by atoms with Gasteiger partial charge in [0, 0.05) is 17.2 Å². The summed E-state index contributed by atoms with van der Waals surface area (Å²) in [6, 6.07) is 9.89. The van der Waals surface area contributed by atoms with Gasteiger partial charge in [-0.2, -0.15) is 5.10 Å². The highest BCUT2D eigenvalue weighted by atomic mass is 16.5. The second-order valence-corrected chi connectivity index (χ2v) is 5.27. The van der Waals surface area contributed by atoms with Gasteiger partial charge < -0.3 is 10.1 Å². The Hall–Kier alpha value is -1.97.